The summed E-state index contributed by atoms with van der Waals surface area (Å²) in [6.07, 6.45) is 0.494. The molecule has 2 aromatic carbocycles. The first-order valence-corrected chi connectivity index (χ1v) is 7.46. The van der Waals surface area contributed by atoms with Gasteiger partial charge in [0, 0.05) is 24.0 Å². The average molecular weight is 314 g/mol. The van der Waals surface area contributed by atoms with Crippen molar-refractivity contribution < 1.29 is 14.2 Å². The van der Waals surface area contributed by atoms with Crippen LogP contribution >= 0.6 is 0 Å². The first kappa shape index (κ1) is 15.5. The molecular weight excluding hydrogens is 295 g/mol. The molecule has 5 heteroatoms. The fourth-order valence-corrected chi connectivity index (χ4v) is 2.72. The molecule has 1 heterocycles. The summed E-state index contributed by atoms with van der Waals surface area (Å²) in [5.41, 5.74) is 7.88. The monoisotopic (exact) mass is 314 g/mol. The number of aliphatic hydroxyl groups is 1. The van der Waals surface area contributed by atoms with Crippen LogP contribution in [0.3, 0.4) is 0 Å². The van der Waals surface area contributed by atoms with Crippen LogP contribution in [0, 0.1) is 5.82 Å². The first-order chi connectivity index (χ1) is 11.1. The molecule has 3 aromatic rings. The highest BCUT2D eigenvalue weighted by Gasteiger charge is 2.19. The van der Waals surface area contributed by atoms with Crippen molar-refractivity contribution >= 4 is 10.9 Å². The number of para-hydroxylation sites is 1. The minimum atomic E-state index is -0.364. The number of aliphatic hydroxyl groups excluding tert-OH is 1. The summed E-state index contributed by atoms with van der Waals surface area (Å²) in [6, 6.07) is 13.4. The number of benzene rings is 2. The van der Waals surface area contributed by atoms with E-state index in [0.29, 0.717) is 18.1 Å². The number of hydrogen-bond acceptors (Lipinski definition) is 3. The van der Waals surface area contributed by atoms with E-state index in [1.807, 2.05) is 35.9 Å². The van der Waals surface area contributed by atoms with Gasteiger partial charge in [-0.15, -0.1) is 0 Å². The summed E-state index contributed by atoms with van der Waals surface area (Å²) < 4.78 is 21.0. The lowest BCUT2D eigenvalue weighted by Crippen LogP contribution is -2.26. The normalized spacial score (nSPS) is 12.5. The van der Waals surface area contributed by atoms with Crippen LogP contribution in [0.15, 0.2) is 48.5 Å². The van der Waals surface area contributed by atoms with Gasteiger partial charge in [0.05, 0.1) is 12.1 Å². The fraction of sp³-hybridized carbons (Fsp3) is 0.222. The van der Waals surface area contributed by atoms with Crippen molar-refractivity contribution in [2.45, 2.75) is 12.5 Å². The Hall–Kier alpha value is -2.37. The number of aryl methyl sites for hydroxylation is 1. The zero-order chi connectivity index (χ0) is 16.4. The third kappa shape index (κ3) is 3.06. The molecule has 3 rings (SSSR count). The van der Waals surface area contributed by atoms with Gasteiger partial charge in [0.1, 0.15) is 11.6 Å². The molecule has 120 valence electrons. The Labute approximate surface area is 133 Å². The van der Waals surface area contributed by atoms with Crippen molar-refractivity contribution in [3.8, 4) is 11.6 Å². The smallest absolute Gasteiger partial charge is 0.204 e. The number of fused-ring (bicyclic) bond motifs is 1. The SMILES string of the molecule is Cn1c(Oc2ccc(F)cc2)c(CC(N)CO)c2ccccc21. The van der Waals surface area contributed by atoms with E-state index in [1.54, 1.807) is 12.1 Å². The Morgan fingerprint density at radius 2 is 1.87 bits per heavy atom. The van der Waals surface area contributed by atoms with Crippen LogP contribution in [0.1, 0.15) is 5.56 Å². The van der Waals surface area contributed by atoms with Gasteiger partial charge in [-0.05, 0) is 36.8 Å². The number of halogens is 1. The van der Waals surface area contributed by atoms with Gasteiger partial charge in [0.25, 0.3) is 0 Å². The van der Waals surface area contributed by atoms with Crippen molar-refractivity contribution in [3.63, 3.8) is 0 Å². The van der Waals surface area contributed by atoms with Gasteiger partial charge in [0.15, 0.2) is 0 Å². The summed E-state index contributed by atoms with van der Waals surface area (Å²) >= 11 is 0. The minimum Gasteiger partial charge on any atom is -0.441 e. The number of aromatic nitrogens is 1. The van der Waals surface area contributed by atoms with Crippen molar-refractivity contribution in [1.82, 2.24) is 4.57 Å². The summed E-state index contributed by atoms with van der Waals surface area (Å²) in [5, 5.41) is 10.3. The van der Waals surface area contributed by atoms with E-state index in [4.69, 9.17) is 10.5 Å². The molecule has 0 amide bonds. The topological polar surface area (TPSA) is 60.4 Å². The summed E-state index contributed by atoms with van der Waals surface area (Å²) in [7, 11) is 1.91. The molecule has 0 saturated carbocycles. The van der Waals surface area contributed by atoms with Crippen LogP contribution in [0.2, 0.25) is 0 Å². The fourth-order valence-electron chi connectivity index (χ4n) is 2.72. The highest BCUT2D eigenvalue weighted by molar-refractivity contribution is 5.87. The lowest BCUT2D eigenvalue weighted by Gasteiger charge is -2.12. The van der Waals surface area contributed by atoms with Crippen LogP contribution < -0.4 is 10.5 Å². The highest BCUT2D eigenvalue weighted by atomic mass is 19.1. The Morgan fingerprint density at radius 3 is 2.57 bits per heavy atom. The van der Waals surface area contributed by atoms with Crippen molar-refractivity contribution in [2.75, 3.05) is 6.61 Å². The zero-order valence-corrected chi connectivity index (χ0v) is 12.9. The molecule has 0 aliphatic heterocycles. The standard InChI is InChI=1S/C18H19FN2O2/c1-21-17-5-3-2-4-15(17)16(10-13(20)11-22)18(21)23-14-8-6-12(19)7-9-14/h2-9,13,22H,10-11,20H2,1H3. The van der Waals surface area contributed by atoms with Crippen LogP contribution in [0.5, 0.6) is 11.6 Å². The van der Waals surface area contributed by atoms with Gasteiger partial charge in [-0.25, -0.2) is 4.39 Å². The third-order valence-electron chi connectivity index (χ3n) is 3.88. The van der Waals surface area contributed by atoms with Crippen LogP contribution in [-0.4, -0.2) is 22.3 Å². The molecule has 0 bridgehead atoms. The molecule has 0 fully saturated rings. The second-order valence-corrected chi connectivity index (χ2v) is 5.56. The summed E-state index contributed by atoms with van der Waals surface area (Å²) in [4.78, 5) is 0. The molecule has 0 saturated heterocycles. The van der Waals surface area contributed by atoms with Gasteiger partial charge in [-0.1, -0.05) is 18.2 Å². The van der Waals surface area contributed by atoms with E-state index in [-0.39, 0.29) is 18.5 Å². The average Bonchev–Trinajstić information content (AvgIpc) is 2.83. The van der Waals surface area contributed by atoms with Gasteiger partial charge >= 0.3 is 0 Å². The quantitative estimate of drug-likeness (QED) is 0.761. The molecule has 0 spiro atoms. The van der Waals surface area contributed by atoms with Crippen molar-refractivity contribution in [2.24, 2.45) is 12.8 Å². The van der Waals surface area contributed by atoms with E-state index in [0.717, 1.165) is 16.5 Å². The minimum absolute atomic E-state index is 0.0980. The number of ether oxygens (including phenoxy) is 1. The molecular formula is C18H19FN2O2. The van der Waals surface area contributed by atoms with Crippen molar-refractivity contribution in [1.29, 1.82) is 0 Å². The van der Waals surface area contributed by atoms with Gasteiger partial charge in [-0.3, -0.25) is 0 Å². The lowest BCUT2D eigenvalue weighted by molar-refractivity contribution is 0.264. The molecule has 1 atom stereocenters. The summed E-state index contributed by atoms with van der Waals surface area (Å²) in [5.74, 6) is 0.898. The number of hydrogen-bond donors (Lipinski definition) is 2. The molecule has 0 radical (unpaired) electrons. The van der Waals surface area contributed by atoms with Gasteiger partial charge < -0.3 is 20.1 Å². The molecule has 1 aromatic heterocycles. The van der Waals surface area contributed by atoms with Crippen LogP contribution in [0.4, 0.5) is 4.39 Å². The van der Waals surface area contributed by atoms with Gasteiger partial charge in [-0.2, -0.15) is 0 Å². The summed E-state index contributed by atoms with van der Waals surface area (Å²) in [6.45, 7) is -0.0980. The first-order valence-electron chi connectivity index (χ1n) is 7.46. The molecule has 3 N–H and O–H groups in total. The molecule has 23 heavy (non-hydrogen) atoms. The van der Waals surface area contributed by atoms with Gasteiger partial charge in [0.2, 0.25) is 5.88 Å². The molecule has 1 unspecified atom stereocenters. The predicted molar refractivity (Wildman–Crippen MR) is 88.2 cm³/mol. The van der Waals surface area contributed by atoms with Crippen molar-refractivity contribution in [3.05, 3.63) is 59.9 Å². The Morgan fingerprint density at radius 1 is 1.17 bits per heavy atom. The number of rotatable bonds is 5. The van der Waals surface area contributed by atoms with E-state index >= 15 is 0 Å². The molecule has 4 nitrogen and oxygen atoms in total. The number of nitrogens with two attached hydrogens (primary N) is 1. The maximum absolute atomic E-state index is 13.1. The zero-order valence-electron chi connectivity index (χ0n) is 12.9. The molecule has 0 aliphatic carbocycles. The highest BCUT2D eigenvalue weighted by Crippen LogP contribution is 2.35. The van der Waals surface area contributed by atoms with E-state index in [2.05, 4.69) is 0 Å². The Balaban J connectivity index is 2.08. The Bertz CT molecular complexity index is 812. The lowest BCUT2D eigenvalue weighted by atomic mass is 10.1. The maximum Gasteiger partial charge on any atom is 0.204 e. The Kier molecular flexibility index (Phi) is 4.32. The van der Waals surface area contributed by atoms with Crippen LogP contribution in [-0.2, 0) is 13.5 Å². The van der Waals surface area contributed by atoms with E-state index < -0.39 is 0 Å². The van der Waals surface area contributed by atoms with E-state index in [9.17, 15) is 9.50 Å². The second kappa shape index (κ2) is 6.40. The largest absolute Gasteiger partial charge is 0.441 e. The third-order valence-corrected chi connectivity index (χ3v) is 3.88. The second-order valence-electron chi connectivity index (χ2n) is 5.56. The predicted octanol–water partition coefficient (Wildman–Crippen LogP) is 2.97. The number of nitrogens with zero attached hydrogens (tertiary/aromatic N) is 1. The molecule has 0 aliphatic rings. The van der Waals surface area contributed by atoms with Crippen LogP contribution in [0.25, 0.3) is 10.9 Å². The van der Waals surface area contributed by atoms with E-state index in [1.165, 1.54) is 12.1 Å². The maximum atomic E-state index is 13.1.